The fraction of sp³-hybridized carbons (Fsp3) is 0.963. The predicted octanol–water partition coefficient (Wildman–Crippen LogP) is -9.58. The van der Waals surface area contributed by atoms with Crippen molar-refractivity contribution in [3.63, 3.8) is 0 Å². The van der Waals surface area contributed by atoms with Gasteiger partial charge in [0, 0.05) is 5.41 Å². The van der Waals surface area contributed by atoms with Crippen molar-refractivity contribution in [2.45, 2.75) is 397 Å². The Morgan fingerprint density at radius 1 is 0.381 bits per heavy atom. The number of allylic oxidation sites excluding steroid dienone is 2. The number of carbonyl (C=O) groups is 1. The monoisotopic (exact) mass is 1820 g/mol. The van der Waals surface area contributed by atoms with E-state index in [2.05, 4.69) is 40.7 Å². The second kappa shape index (κ2) is 38.6. The van der Waals surface area contributed by atoms with E-state index in [-0.39, 0.29) is 30.5 Å². The van der Waals surface area contributed by atoms with Gasteiger partial charge in [0.1, 0.15) is 189 Å². The number of aliphatic hydroxyl groups excluding tert-OH is 25. The van der Waals surface area contributed by atoms with Crippen LogP contribution in [0, 0.1) is 50.2 Å². The lowest BCUT2D eigenvalue weighted by atomic mass is 9.33. The van der Waals surface area contributed by atoms with Gasteiger partial charge in [-0.15, -0.1) is 0 Å². The van der Waals surface area contributed by atoms with Gasteiger partial charge >= 0.3 is 5.97 Å². The predicted molar refractivity (Wildman–Crippen MR) is 411 cm³/mol. The molecule has 0 radical (unpaired) electrons. The van der Waals surface area contributed by atoms with Crippen LogP contribution in [0.1, 0.15) is 127 Å². The maximum absolute atomic E-state index is 15.5. The number of aliphatic hydroxyl groups is 25. The van der Waals surface area contributed by atoms with Gasteiger partial charge in [0.2, 0.25) is 6.29 Å². The van der Waals surface area contributed by atoms with Crippen molar-refractivity contribution in [3.05, 3.63) is 11.6 Å². The summed E-state index contributed by atoms with van der Waals surface area (Å²) in [7, 11) is 0. The van der Waals surface area contributed by atoms with Crippen LogP contribution in [0.5, 0.6) is 0 Å². The van der Waals surface area contributed by atoms with Crippen LogP contribution >= 0.6 is 0 Å². The average molecular weight is 1820 g/mol. The molecular formula is C82H134O44. The Kier molecular flexibility index (Phi) is 30.5. The molecule has 0 aromatic heterocycles. The van der Waals surface area contributed by atoms with Crippen LogP contribution in [0.3, 0.4) is 0 Å². The largest absolute Gasteiger partial charge is 0.432 e. The third kappa shape index (κ3) is 18.0. The second-order valence-electron chi connectivity index (χ2n) is 39.3. The summed E-state index contributed by atoms with van der Waals surface area (Å²) in [4.78, 5) is 15.5. The molecule has 0 unspecified atom stereocenters. The molecule has 5 aliphatic carbocycles. The van der Waals surface area contributed by atoms with E-state index in [0.29, 0.717) is 64.2 Å². The molecule has 9 heterocycles. The van der Waals surface area contributed by atoms with E-state index < -0.39 is 342 Å². The van der Waals surface area contributed by atoms with Crippen LogP contribution in [0.15, 0.2) is 11.6 Å². The van der Waals surface area contributed by atoms with Gasteiger partial charge in [-0.25, -0.2) is 0 Å². The second-order valence-corrected chi connectivity index (χ2v) is 39.3. The van der Waals surface area contributed by atoms with Crippen LogP contribution in [0.4, 0.5) is 0 Å². The highest BCUT2D eigenvalue weighted by Crippen LogP contribution is 2.76. The molecule has 52 atom stereocenters. The molecule has 0 aromatic rings. The van der Waals surface area contributed by atoms with Gasteiger partial charge in [0.05, 0.1) is 76.1 Å². The number of hydrogen-bond donors (Lipinski definition) is 25. The first kappa shape index (κ1) is 99.5. The van der Waals surface area contributed by atoms with Gasteiger partial charge in [-0.2, -0.15) is 0 Å². The molecule has 4 saturated carbocycles. The number of ether oxygens (including phenoxy) is 18. The number of carbonyl (C=O) groups excluding carboxylic acids is 1. The number of esters is 1. The van der Waals surface area contributed by atoms with E-state index in [0.717, 1.165) is 5.57 Å². The van der Waals surface area contributed by atoms with Gasteiger partial charge in [0.15, 0.2) is 50.3 Å². The van der Waals surface area contributed by atoms with Gasteiger partial charge in [0.25, 0.3) is 0 Å². The average Bonchev–Trinajstić information content (AvgIpc) is 0.672. The van der Waals surface area contributed by atoms with Crippen molar-refractivity contribution in [2.75, 3.05) is 46.2 Å². The lowest BCUT2D eigenvalue weighted by Crippen LogP contribution is -2.67. The Morgan fingerprint density at radius 3 is 1.34 bits per heavy atom. The van der Waals surface area contributed by atoms with Crippen LogP contribution in [0.25, 0.3) is 0 Å². The molecule has 0 aromatic carbocycles. The van der Waals surface area contributed by atoms with E-state index in [1.54, 1.807) is 0 Å². The van der Waals surface area contributed by atoms with E-state index >= 15 is 4.79 Å². The zero-order chi connectivity index (χ0) is 91.7. The highest BCUT2D eigenvalue weighted by Gasteiger charge is 2.72. The maximum atomic E-state index is 15.5. The fourth-order valence-corrected chi connectivity index (χ4v) is 23.0. The Morgan fingerprint density at radius 2 is 0.810 bits per heavy atom. The maximum Gasteiger partial charge on any atom is 0.315 e. The van der Waals surface area contributed by atoms with E-state index in [9.17, 15) is 128 Å². The topological polar surface area (TPSA) is 689 Å². The highest BCUT2D eigenvalue weighted by atomic mass is 16.8. The van der Waals surface area contributed by atoms with E-state index in [4.69, 9.17) is 85.3 Å². The number of hydrogen-bond acceptors (Lipinski definition) is 44. The van der Waals surface area contributed by atoms with Crippen LogP contribution in [0.2, 0.25) is 0 Å². The van der Waals surface area contributed by atoms with Crippen LogP contribution < -0.4 is 0 Å². The van der Waals surface area contributed by atoms with E-state index in [1.807, 2.05) is 6.92 Å². The van der Waals surface area contributed by atoms with Gasteiger partial charge in [-0.05, 0) is 124 Å². The summed E-state index contributed by atoms with van der Waals surface area (Å²) in [5, 5.41) is 277. The molecule has 0 spiro atoms. The van der Waals surface area contributed by atoms with E-state index in [1.165, 1.54) is 20.8 Å². The summed E-state index contributed by atoms with van der Waals surface area (Å²) < 4.78 is 106. The normalized spacial score (nSPS) is 55.3. The molecule has 726 valence electrons. The molecule has 44 heteroatoms. The molecule has 44 nitrogen and oxygen atoms in total. The summed E-state index contributed by atoms with van der Waals surface area (Å²) >= 11 is 0. The Bertz CT molecular complexity index is 3630. The SMILES string of the molecule is C[C@@H]1O[C@@H](O[C@H]2[C@H](O)[C@@H](O)[C@H](OC[C@H]3O[C@@H](O[C@@H]4[C@@H](O)[C@H](C)O[C@@H](O[C@H]5[C@H](O)[C@@H](O)[C@H](OC[C@H]6O[C@@H](OC(=O)[C@]78CCC(C)(C)C[C@H]7C7=CC[C@@H]9[C@@]%10(C)CC[C@H](O[C@@H]%11OC[C@H](O)[C@H](O)[C@H]%11O[C@@H]%11O[C@@H](C)[C@H](O)[C@@H](O[C@@H]%12OC[C@@H](O)[C@@H](O)[C@H]%12O)[C@H]%11O)[C@@](C)(CO)[C@@H]%10CC[C@@]9(C)[C@]7(C)CC8)[C@H](O)[C@@H](O)[C@@H]6O)O[C@@H]5CO)[C@@H]4O)[C@H](O)[C@@H](O)[C@@H]3O)O[C@@H]2CO)[C@H](O)[C@H](O)[C@H]1O. The number of rotatable bonds is 23. The summed E-state index contributed by atoms with van der Waals surface area (Å²) in [6.45, 7) is 12.6. The van der Waals surface area contributed by atoms with Gasteiger partial charge < -0.3 is 213 Å². The molecule has 25 N–H and O–H groups in total. The quantitative estimate of drug-likeness (QED) is 0.0257. The first-order valence-electron chi connectivity index (χ1n) is 43.9. The summed E-state index contributed by atoms with van der Waals surface area (Å²) in [5.74, 6) is -1.25. The minimum absolute atomic E-state index is 0.0195. The fourth-order valence-electron chi connectivity index (χ4n) is 23.0. The summed E-state index contributed by atoms with van der Waals surface area (Å²) in [6.07, 6.45) is -68.4. The molecule has 14 rings (SSSR count). The van der Waals surface area contributed by atoms with Gasteiger partial charge in [-0.3, -0.25) is 4.79 Å². The minimum atomic E-state index is -2.13. The molecule has 13 fully saturated rings. The standard InChI is InChI=1S/C82H134O44/c1-28-42(88)49(95)55(101)70(113-28)121-62-35(21-83)116-67(58(104)52(62)98)111-25-37-47(93)50(96)56(102)71(118-37)124-65-44(90)30(3)114-73(61(65)107)122-63-36(22-84)117-68(59(105)53(63)99)112-26-38-48(94)51(97)57(103)72(119-38)126-76(108)82-18-16-77(4,5)20-32(82)31-10-11-40-78(6)14-13-41(79(7,27-85)39(78)12-15-81(40,9)80(31,8)17-19-82)120-75-66(46(92)34(87)24-110-75)125-74-60(106)64(43(89)29(2)115-74)123-69-54(100)45(91)33(86)23-109-69/h10,28-30,32-75,83-107H,11-27H2,1-9H3/t28-,29-,30-,32-,33+,34-,35+,36+,37+,38+,39+,40+,41-,42-,43-,44-,45+,46-,47+,48+,49+,50-,51-,52+,53+,54+,55+,56+,57+,58+,59+,60+,61+,62+,63+,64+,65+,66+,67+,68+,69-,70-,71-,72-,73-,74-,75-,78-,79-,80+,81+,82-/m0/s1. The smallest absolute Gasteiger partial charge is 0.315 e. The molecule has 9 saturated heterocycles. The van der Waals surface area contributed by atoms with Crippen molar-refractivity contribution >= 4 is 5.97 Å². The van der Waals surface area contributed by atoms with Crippen LogP contribution in [-0.4, -0.2) is 450 Å². The molecular weight excluding hydrogens is 1690 g/mol. The molecule has 9 aliphatic heterocycles. The zero-order valence-electron chi connectivity index (χ0n) is 71.7. The summed E-state index contributed by atoms with van der Waals surface area (Å²) in [6, 6.07) is 0. The van der Waals surface area contributed by atoms with Gasteiger partial charge in [-0.1, -0.05) is 53.2 Å². The van der Waals surface area contributed by atoms with Crippen molar-refractivity contribution in [1.29, 1.82) is 0 Å². The van der Waals surface area contributed by atoms with Crippen molar-refractivity contribution < 1.29 is 218 Å². The Labute approximate surface area is 726 Å². The lowest BCUT2D eigenvalue weighted by molar-refractivity contribution is -0.383. The molecule has 126 heavy (non-hydrogen) atoms. The van der Waals surface area contributed by atoms with Crippen molar-refractivity contribution in [3.8, 4) is 0 Å². The molecule has 0 bridgehead atoms. The first-order valence-corrected chi connectivity index (χ1v) is 43.9. The third-order valence-corrected chi connectivity index (χ3v) is 31.2. The highest BCUT2D eigenvalue weighted by molar-refractivity contribution is 5.79. The minimum Gasteiger partial charge on any atom is -0.432 e. The number of fused-ring (bicyclic) bond motifs is 7. The molecule has 14 aliphatic rings. The van der Waals surface area contributed by atoms with Crippen molar-refractivity contribution in [1.82, 2.24) is 0 Å². The molecule has 0 amide bonds. The first-order chi connectivity index (χ1) is 59.2. The Balaban J connectivity index is 0.597. The summed E-state index contributed by atoms with van der Waals surface area (Å²) in [5.41, 5.74) is -2.65. The third-order valence-electron chi connectivity index (χ3n) is 31.2. The Hall–Kier alpha value is -2.47. The lowest BCUT2D eigenvalue weighted by Gasteiger charge is -2.71. The van der Waals surface area contributed by atoms with Crippen LogP contribution in [-0.2, 0) is 90.1 Å². The van der Waals surface area contributed by atoms with Crippen molar-refractivity contribution in [2.24, 2.45) is 50.2 Å². The zero-order valence-corrected chi connectivity index (χ0v) is 71.7.